The Bertz CT molecular complexity index is 499. The fraction of sp³-hybridized carbons (Fsp3) is 0.167. The molecule has 0 spiro atoms. The second-order valence-electron chi connectivity index (χ2n) is 3.73. The highest BCUT2D eigenvalue weighted by Gasteiger charge is 2.05. The number of hydrogen-bond acceptors (Lipinski definition) is 2. The molecular weight excluding hydrogens is 218 g/mol. The van der Waals surface area contributed by atoms with Crippen molar-refractivity contribution in [3.8, 4) is 0 Å². The Hall–Kier alpha value is -1.68. The number of hydrogen-bond donors (Lipinski definition) is 1. The quantitative estimate of drug-likeness (QED) is 0.820. The topological polar surface area (TPSA) is 43.8 Å². The Morgan fingerprint density at radius 3 is 2.69 bits per heavy atom. The highest BCUT2D eigenvalue weighted by Crippen LogP contribution is 2.07. The molecule has 1 aromatic heterocycles. The van der Waals surface area contributed by atoms with E-state index in [1.807, 2.05) is 10.8 Å². The molecule has 1 heterocycles. The number of rotatable bonds is 3. The number of imidazole rings is 1. The number of nitrogens with zero attached hydrogens (tertiary/aromatic N) is 2. The Kier molecular flexibility index (Phi) is 3.01. The van der Waals surface area contributed by atoms with Crippen LogP contribution in [0.2, 0.25) is 0 Å². The molecule has 0 aliphatic rings. The standard InChI is InChI=1S/C12H13N3S/c1-9-2-4-10(5-3-9)8-15-7-6-14-12(15)11(13)16/h2-7H,8H2,1H3,(H2,13,16). The smallest absolute Gasteiger partial charge is 0.167 e. The summed E-state index contributed by atoms with van der Waals surface area (Å²) in [6.07, 6.45) is 3.59. The van der Waals surface area contributed by atoms with Gasteiger partial charge in [0.1, 0.15) is 4.99 Å². The van der Waals surface area contributed by atoms with Crippen molar-refractivity contribution in [2.75, 3.05) is 0 Å². The highest BCUT2D eigenvalue weighted by atomic mass is 32.1. The minimum atomic E-state index is 0.331. The van der Waals surface area contributed by atoms with Crippen molar-refractivity contribution in [1.82, 2.24) is 9.55 Å². The van der Waals surface area contributed by atoms with Gasteiger partial charge in [0.2, 0.25) is 0 Å². The van der Waals surface area contributed by atoms with Gasteiger partial charge in [0, 0.05) is 18.9 Å². The molecular formula is C12H13N3S. The first-order chi connectivity index (χ1) is 7.66. The molecule has 0 unspecified atom stereocenters. The minimum absolute atomic E-state index is 0.331. The molecule has 0 aliphatic carbocycles. The molecule has 0 aliphatic heterocycles. The van der Waals surface area contributed by atoms with E-state index in [2.05, 4.69) is 36.2 Å². The van der Waals surface area contributed by atoms with Gasteiger partial charge in [0.05, 0.1) is 0 Å². The maximum absolute atomic E-state index is 5.58. The van der Waals surface area contributed by atoms with Crippen molar-refractivity contribution in [1.29, 1.82) is 0 Å². The van der Waals surface area contributed by atoms with Crippen LogP contribution in [0, 0.1) is 6.92 Å². The van der Waals surface area contributed by atoms with E-state index in [0.29, 0.717) is 10.8 Å². The zero-order valence-corrected chi connectivity index (χ0v) is 9.87. The third kappa shape index (κ3) is 2.28. The summed E-state index contributed by atoms with van der Waals surface area (Å²) in [6, 6.07) is 8.37. The van der Waals surface area contributed by atoms with Crippen molar-refractivity contribution in [2.45, 2.75) is 13.5 Å². The van der Waals surface area contributed by atoms with E-state index in [1.165, 1.54) is 11.1 Å². The van der Waals surface area contributed by atoms with Crippen LogP contribution < -0.4 is 5.73 Å². The maximum Gasteiger partial charge on any atom is 0.167 e. The number of benzene rings is 1. The largest absolute Gasteiger partial charge is 0.387 e. The SMILES string of the molecule is Cc1ccc(Cn2ccnc2C(N)=S)cc1. The summed E-state index contributed by atoms with van der Waals surface area (Å²) in [5.41, 5.74) is 8.05. The van der Waals surface area contributed by atoms with Crippen molar-refractivity contribution >= 4 is 17.2 Å². The zero-order chi connectivity index (χ0) is 11.5. The summed E-state index contributed by atoms with van der Waals surface area (Å²) < 4.78 is 1.95. The summed E-state index contributed by atoms with van der Waals surface area (Å²) in [4.78, 5) is 4.46. The Labute approximate surface area is 99.9 Å². The lowest BCUT2D eigenvalue weighted by Gasteiger charge is -2.06. The normalized spacial score (nSPS) is 10.3. The molecule has 4 heteroatoms. The van der Waals surface area contributed by atoms with E-state index < -0.39 is 0 Å². The van der Waals surface area contributed by atoms with Crippen LogP contribution in [-0.2, 0) is 6.54 Å². The van der Waals surface area contributed by atoms with Gasteiger partial charge in [-0.05, 0) is 12.5 Å². The van der Waals surface area contributed by atoms with E-state index in [-0.39, 0.29) is 0 Å². The second kappa shape index (κ2) is 4.45. The van der Waals surface area contributed by atoms with Crippen LogP contribution in [0.5, 0.6) is 0 Å². The van der Waals surface area contributed by atoms with Crippen LogP contribution >= 0.6 is 12.2 Å². The molecule has 0 saturated heterocycles. The Balaban J connectivity index is 2.23. The molecule has 2 rings (SSSR count). The molecule has 0 fully saturated rings. The van der Waals surface area contributed by atoms with Gasteiger partial charge in [-0.2, -0.15) is 0 Å². The average Bonchev–Trinajstić information content (AvgIpc) is 2.69. The predicted octanol–water partition coefficient (Wildman–Crippen LogP) is 1.87. The third-order valence-electron chi connectivity index (χ3n) is 2.41. The van der Waals surface area contributed by atoms with Crippen LogP contribution in [0.4, 0.5) is 0 Å². The highest BCUT2D eigenvalue weighted by molar-refractivity contribution is 7.80. The molecule has 0 amide bonds. The maximum atomic E-state index is 5.58. The van der Waals surface area contributed by atoms with Crippen LogP contribution in [-0.4, -0.2) is 14.5 Å². The molecule has 82 valence electrons. The van der Waals surface area contributed by atoms with E-state index in [4.69, 9.17) is 18.0 Å². The molecule has 1 aromatic carbocycles. The third-order valence-corrected chi connectivity index (χ3v) is 2.59. The van der Waals surface area contributed by atoms with Crippen LogP contribution in [0.1, 0.15) is 17.0 Å². The number of aryl methyl sites for hydroxylation is 1. The van der Waals surface area contributed by atoms with E-state index in [1.54, 1.807) is 6.20 Å². The fourth-order valence-electron chi connectivity index (χ4n) is 1.55. The van der Waals surface area contributed by atoms with Crippen LogP contribution in [0.3, 0.4) is 0 Å². The van der Waals surface area contributed by atoms with Crippen molar-refractivity contribution in [3.05, 3.63) is 53.6 Å². The van der Waals surface area contributed by atoms with Crippen LogP contribution in [0.15, 0.2) is 36.7 Å². The lowest BCUT2D eigenvalue weighted by atomic mass is 10.1. The molecule has 2 aromatic rings. The number of aromatic nitrogens is 2. The van der Waals surface area contributed by atoms with E-state index in [0.717, 1.165) is 6.54 Å². The molecule has 3 nitrogen and oxygen atoms in total. The number of nitrogens with two attached hydrogens (primary N) is 1. The van der Waals surface area contributed by atoms with Crippen molar-refractivity contribution < 1.29 is 0 Å². The fourth-order valence-corrected chi connectivity index (χ4v) is 1.72. The second-order valence-corrected chi connectivity index (χ2v) is 4.17. The minimum Gasteiger partial charge on any atom is -0.387 e. The summed E-state index contributed by atoms with van der Waals surface area (Å²) in [6.45, 7) is 2.81. The predicted molar refractivity (Wildman–Crippen MR) is 68.4 cm³/mol. The zero-order valence-electron chi connectivity index (χ0n) is 9.05. The first-order valence-electron chi connectivity index (χ1n) is 5.03. The van der Waals surface area contributed by atoms with Gasteiger partial charge >= 0.3 is 0 Å². The van der Waals surface area contributed by atoms with Crippen molar-refractivity contribution in [3.63, 3.8) is 0 Å². The van der Waals surface area contributed by atoms with Gasteiger partial charge in [-0.25, -0.2) is 4.98 Å². The van der Waals surface area contributed by atoms with Crippen LogP contribution in [0.25, 0.3) is 0 Å². The van der Waals surface area contributed by atoms with Gasteiger partial charge in [-0.15, -0.1) is 0 Å². The molecule has 2 N–H and O–H groups in total. The van der Waals surface area contributed by atoms with E-state index in [9.17, 15) is 0 Å². The Morgan fingerprint density at radius 2 is 2.06 bits per heavy atom. The van der Waals surface area contributed by atoms with Crippen molar-refractivity contribution in [2.24, 2.45) is 5.73 Å². The molecule has 0 saturated carbocycles. The van der Waals surface area contributed by atoms with Gasteiger partial charge in [0.25, 0.3) is 0 Å². The monoisotopic (exact) mass is 231 g/mol. The lowest BCUT2D eigenvalue weighted by Crippen LogP contribution is -2.17. The summed E-state index contributed by atoms with van der Waals surface area (Å²) >= 11 is 4.93. The molecule has 0 bridgehead atoms. The summed E-state index contributed by atoms with van der Waals surface area (Å²) in [7, 11) is 0. The van der Waals surface area contributed by atoms with Gasteiger partial charge in [-0.3, -0.25) is 0 Å². The first kappa shape index (κ1) is 10.8. The molecule has 16 heavy (non-hydrogen) atoms. The summed E-state index contributed by atoms with van der Waals surface area (Å²) in [5.74, 6) is 0.663. The van der Waals surface area contributed by atoms with Gasteiger partial charge in [0.15, 0.2) is 5.82 Å². The average molecular weight is 231 g/mol. The number of thiocarbonyl (C=S) groups is 1. The first-order valence-corrected chi connectivity index (χ1v) is 5.44. The Morgan fingerprint density at radius 1 is 1.38 bits per heavy atom. The van der Waals surface area contributed by atoms with E-state index >= 15 is 0 Å². The lowest BCUT2D eigenvalue weighted by molar-refractivity contribution is 0.788. The summed E-state index contributed by atoms with van der Waals surface area (Å²) in [5, 5.41) is 0. The molecule has 0 atom stereocenters. The van der Waals surface area contributed by atoms with Gasteiger partial charge < -0.3 is 10.3 Å². The van der Waals surface area contributed by atoms with Gasteiger partial charge in [-0.1, -0.05) is 42.0 Å². The molecule has 0 radical (unpaired) electrons.